The Morgan fingerprint density at radius 1 is 1.68 bits per heavy atom. The van der Waals surface area contributed by atoms with Crippen LogP contribution in [0, 0.1) is 11.9 Å². The number of hydrogen-bond acceptors (Lipinski definition) is 4. The highest BCUT2D eigenvalue weighted by molar-refractivity contribution is 6.33. The van der Waals surface area contributed by atoms with Crippen molar-refractivity contribution in [1.82, 2.24) is 0 Å². The maximum Gasteiger partial charge on any atom is 0.349 e. The molecule has 0 aliphatic carbocycles. The first-order valence-electron chi connectivity index (χ1n) is 5.77. The molecule has 0 spiro atoms. The fraction of sp³-hybridized carbons (Fsp3) is 0.385. The van der Waals surface area contributed by atoms with E-state index in [1.165, 1.54) is 19.2 Å². The lowest BCUT2D eigenvalue weighted by Gasteiger charge is -2.08. The third-order valence-electron chi connectivity index (χ3n) is 2.09. The normalized spacial score (nSPS) is 12.4. The zero-order valence-electron chi connectivity index (χ0n) is 10.7. The summed E-state index contributed by atoms with van der Waals surface area (Å²) in [6.45, 7) is 3.76. The summed E-state index contributed by atoms with van der Waals surface area (Å²) in [6.07, 6.45) is 1.20. The Balaban J connectivity index is 2.51. The molecule has 1 aromatic carbocycles. The molecule has 0 fully saturated rings. The summed E-state index contributed by atoms with van der Waals surface area (Å²) in [5.41, 5.74) is 0.442. The van der Waals surface area contributed by atoms with Crippen LogP contribution in [0.15, 0.2) is 17.3 Å². The second-order valence-electron chi connectivity index (χ2n) is 3.73. The van der Waals surface area contributed by atoms with Crippen molar-refractivity contribution in [3.63, 3.8) is 0 Å². The van der Waals surface area contributed by atoms with E-state index in [1.54, 1.807) is 0 Å². The molecule has 6 heteroatoms. The molecular weight excluding hydrogens is 273 g/mol. The van der Waals surface area contributed by atoms with E-state index in [1.807, 2.05) is 6.92 Å². The van der Waals surface area contributed by atoms with E-state index in [0.29, 0.717) is 12.2 Å². The van der Waals surface area contributed by atoms with Gasteiger partial charge in [0.25, 0.3) is 0 Å². The lowest BCUT2D eigenvalue weighted by atomic mass is 10.2. The van der Waals surface area contributed by atoms with Crippen molar-refractivity contribution in [1.29, 1.82) is 0 Å². The highest BCUT2D eigenvalue weighted by Crippen LogP contribution is 2.14. The van der Waals surface area contributed by atoms with Gasteiger partial charge in [-0.25, -0.2) is 9.18 Å². The van der Waals surface area contributed by atoms with Gasteiger partial charge in [0.05, 0.1) is 17.8 Å². The highest BCUT2D eigenvalue weighted by atomic mass is 35.5. The summed E-state index contributed by atoms with van der Waals surface area (Å²) in [5.74, 6) is -1.05. The van der Waals surface area contributed by atoms with Gasteiger partial charge in [-0.15, -0.1) is 0 Å². The van der Waals surface area contributed by atoms with E-state index in [0.717, 1.165) is 12.5 Å². The minimum Gasteiger partial charge on any atom is -0.463 e. The fourth-order valence-corrected chi connectivity index (χ4v) is 1.29. The number of halogens is 2. The van der Waals surface area contributed by atoms with Gasteiger partial charge < -0.3 is 9.57 Å². The Morgan fingerprint density at radius 2 is 2.42 bits per heavy atom. The van der Waals surface area contributed by atoms with Crippen molar-refractivity contribution in [2.45, 2.75) is 26.4 Å². The predicted octanol–water partition coefficient (Wildman–Crippen LogP) is 2.97. The van der Waals surface area contributed by atoms with Crippen LogP contribution in [0.5, 0.6) is 0 Å². The summed E-state index contributed by atoms with van der Waals surface area (Å²) in [7, 11) is 0. The number of esters is 1. The van der Waals surface area contributed by atoms with E-state index in [-0.39, 0.29) is 5.02 Å². The van der Waals surface area contributed by atoms with Gasteiger partial charge in [-0.1, -0.05) is 23.7 Å². The van der Waals surface area contributed by atoms with Crippen LogP contribution >= 0.6 is 11.6 Å². The monoisotopic (exact) mass is 286 g/mol. The molecule has 1 unspecified atom stereocenters. The van der Waals surface area contributed by atoms with Crippen molar-refractivity contribution in [2.24, 2.45) is 5.16 Å². The summed E-state index contributed by atoms with van der Waals surface area (Å²) in [6, 6.07) is 4.79. The smallest absolute Gasteiger partial charge is 0.349 e. The Hall–Kier alpha value is -1.62. The molecule has 0 aliphatic heterocycles. The highest BCUT2D eigenvalue weighted by Gasteiger charge is 2.15. The van der Waals surface area contributed by atoms with Gasteiger partial charge in [-0.2, -0.15) is 0 Å². The first kappa shape index (κ1) is 15.4. The molecule has 0 aliphatic rings. The molecule has 1 radical (unpaired) electrons. The molecule has 0 amide bonds. The third kappa shape index (κ3) is 5.26. The van der Waals surface area contributed by atoms with E-state index in [9.17, 15) is 9.18 Å². The molecule has 0 saturated carbocycles. The molecule has 0 heterocycles. The standard InChI is InChI=1S/C13H14ClFNO3/c1-3-6-18-13(17)9(2)19-16-8-10-4-5-11(15)7-12(10)14/h4,7-9H,3,6H2,1-2H3. The first-order valence-corrected chi connectivity index (χ1v) is 6.15. The topological polar surface area (TPSA) is 47.9 Å². The van der Waals surface area contributed by atoms with Gasteiger partial charge in [-0.3, -0.25) is 0 Å². The number of oxime groups is 1. The SMILES string of the molecule is CCCOC(=O)C(C)ON=Cc1c[c]c(F)cc1Cl. The van der Waals surface area contributed by atoms with Gasteiger partial charge in [0.1, 0.15) is 5.82 Å². The van der Waals surface area contributed by atoms with Crippen molar-refractivity contribution >= 4 is 23.8 Å². The second-order valence-corrected chi connectivity index (χ2v) is 4.14. The minimum absolute atomic E-state index is 0.185. The number of carbonyl (C=O) groups excluding carboxylic acids is 1. The lowest BCUT2D eigenvalue weighted by molar-refractivity contribution is -0.155. The molecule has 0 aromatic heterocycles. The predicted molar refractivity (Wildman–Crippen MR) is 69.6 cm³/mol. The summed E-state index contributed by atoms with van der Waals surface area (Å²) in [4.78, 5) is 16.3. The molecule has 0 bridgehead atoms. The molecule has 0 N–H and O–H groups in total. The molecule has 1 aromatic rings. The number of ether oxygens (including phenoxy) is 1. The quantitative estimate of drug-likeness (QED) is 0.459. The molecular formula is C13H14ClFNO3. The number of benzene rings is 1. The van der Waals surface area contributed by atoms with E-state index in [2.05, 4.69) is 11.2 Å². The van der Waals surface area contributed by atoms with Gasteiger partial charge in [0.15, 0.2) is 0 Å². The van der Waals surface area contributed by atoms with Crippen LogP contribution in [0.25, 0.3) is 0 Å². The minimum atomic E-state index is -0.814. The zero-order chi connectivity index (χ0) is 14.3. The second kappa shape index (κ2) is 7.74. The van der Waals surface area contributed by atoms with Crippen molar-refractivity contribution in [3.05, 3.63) is 34.6 Å². The summed E-state index contributed by atoms with van der Waals surface area (Å²) in [5, 5.41) is 3.79. The van der Waals surface area contributed by atoms with Gasteiger partial charge in [-0.05, 0) is 25.5 Å². The maximum absolute atomic E-state index is 12.7. The largest absolute Gasteiger partial charge is 0.463 e. The average Bonchev–Trinajstić information content (AvgIpc) is 2.38. The van der Waals surface area contributed by atoms with Crippen LogP contribution in [0.1, 0.15) is 25.8 Å². The Morgan fingerprint density at radius 3 is 3.05 bits per heavy atom. The van der Waals surface area contributed by atoms with Gasteiger partial charge in [0.2, 0.25) is 6.10 Å². The van der Waals surface area contributed by atoms with Crippen LogP contribution in [0.4, 0.5) is 4.39 Å². The lowest BCUT2D eigenvalue weighted by Crippen LogP contribution is -2.21. The van der Waals surface area contributed by atoms with Gasteiger partial charge >= 0.3 is 5.97 Å². The molecule has 19 heavy (non-hydrogen) atoms. The molecule has 4 nitrogen and oxygen atoms in total. The molecule has 1 rings (SSSR count). The Labute approximate surface area is 116 Å². The number of hydrogen-bond donors (Lipinski definition) is 0. The Bertz CT molecular complexity index is 465. The third-order valence-corrected chi connectivity index (χ3v) is 2.41. The van der Waals surface area contributed by atoms with Crippen LogP contribution < -0.4 is 0 Å². The van der Waals surface area contributed by atoms with E-state index >= 15 is 0 Å². The maximum atomic E-state index is 12.7. The summed E-state index contributed by atoms with van der Waals surface area (Å²) < 4.78 is 17.6. The average molecular weight is 287 g/mol. The Kier molecular flexibility index (Phi) is 6.29. The van der Waals surface area contributed by atoms with Crippen molar-refractivity contribution < 1.29 is 18.8 Å². The molecule has 103 valence electrons. The molecule has 1 atom stereocenters. The summed E-state index contributed by atoms with van der Waals surface area (Å²) >= 11 is 5.78. The number of rotatable bonds is 6. The van der Waals surface area contributed by atoms with E-state index < -0.39 is 17.9 Å². The first-order chi connectivity index (χ1) is 9.04. The van der Waals surface area contributed by atoms with Gasteiger partial charge in [0, 0.05) is 11.6 Å². The van der Waals surface area contributed by atoms with Crippen molar-refractivity contribution in [2.75, 3.05) is 6.61 Å². The number of nitrogens with zero attached hydrogens (tertiary/aromatic N) is 1. The fourth-order valence-electron chi connectivity index (χ4n) is 1.09. The zero-order valence-corrected chi connectivity index (χ0v) is 11.4. The van der Waals surface area contributed by atoms with Crippen LogP contribution in [0.3, 0.4) is 0 Å². The molecule has 0 saturated heterocycles. The van der Waals surface area contributed by atoms with Crippen LogP contribution in [0.2, 0.25) is 5.02 Å². The van der Waals surface area contributed by atoms with E-state index in [4.69, 9.17) is 21.2 Å². The van der Waals surface area contributed by atoms with Crippen LogP contribution in [-0.2, 0) is 14.4 Å². The number of carbonyl (C=O) groups is 1. The van der Waals surface area contributed by atoms with Crippen molar-refractivity contribution in [3.8, 4) is 0 Å². The van der Waals surface area contributed by atoms with Crippen LogP contribution in [-0.4, -0.2) is 24.9 Å².